The molecule has 8 nitrogen and oxygen atoms in total. The number of cyclic esters (lactones) is 1. The molecule has 2 aliphatic heterocycles. The largest absolute Gasteiger partial charge is 0.443 e. The Morgan fingerprint density at radius 2 is 1.93 bits per heavy atom. The van der Waals surface area contributed by atoms with Gasteiger partial charge in [-0.2, -0.15) is 0 Å². The molecule has 9 heteroatoms. The predicted molar refractivity (Wildman–Crippen MR) is 98.0 cm³/mol. The summed E-state index contributed by atoms with van der Waals surface area (Å²) in [5.41, 5.74) is 1.97. The van der Waals surface area contributed by atoms with E-state index in [4.69, 9.17) is 4.74 Å². The third-order valence-corrected chi connectivity index (χ3v) is 5.88. The lowest BCUT2D eigenvalue weighted by atomic mass is 10.2. The number of carbonyl (C=O) groups excluding carboxylic acids is 2. The molecule has 1 atom stereocenters. The monoisotopic (exact) mass is 387 g/mol. The molecular formula is C18H17N3O5S. The first-order valence-electron chi connectivity index (χ1n) is 8.38. The number of hydrogen-bond donors (Lipinski definition) is 2. The normalized spacial score (nSPS) is 19.0. The van der Waals surface area contributed by atoms with Crippen LogP contribution in [-0.2, 0) is 26.0 Å². The van der Waals surface area contributed by atoms with Crippen molar-refractivity contribution < 1.29 is 22.7 Å². The summed E-state index contributed by atoms with van der Waals surface area (Å²) >= 11 is 0. The Bertz CT molecular complexity index is 1010. The summed E-state index contributed by atoms with van der Waals surface area (Å²) in [6.45, 7) is 0.222. The van der Waals surface area contributed by atoms with Gasteiger partial charge in [-0.1, -0.05) is 18.2 Å². The van der Waals surface area contributed by atoms with Crippen LogP contribution in [0, 0.1) is 0 Å². The highest BCUT2D eigenvalue weighted by atomic mass is 32.2. The smallest absolute Gasteiger partial charge is 0.414 e. The van der Waals surface area contributed by atoms with Gasteiger partial charge in [-0.3, -0.25) is 9.69 Å². The maximum Gasteiger partial charge on any atom is 0.414 e. The maximum absolute atomic E-state index is 12.5. The van der Waals surface area contributed by atoms with Gasteiger partial charge >= 0.3 is 6.09 Å². The Hall–Kier alpha value is -2.91. The third kappa shape index (κ3) is 3.51. The summed E-state index contributed by atoms with van der Waals surface area (Å²) in [5.74, 6) is -0.161. The zero-order valence-corrected chi connectivity index (χ0v) is 15.0. The Morgan fingerprint density at radius 1 is 1.15 bits per heavy atom. The number of para-hydroxylation sites is 1. The van der Waals surface area contributed by atoms with Crippen LogP contribution in [0.2, 0.25) is 0 Å². The average molecular weight is 387 g/mol. The number of rotatable bonds is 5. The fourth-order valence-electron chi connectivity index (χ4n) is 3.11. The fourth-order valence-corrected chi connectivity index (χ4v) is 4.22. The zero-order valence-electron chi connectivity index (χ0n) is 14.2. The van der Waals surface area contributed by atoms with E-state index in [9.17, 15) is 18.0 Å². The van der Waals surface area contributed by atoms with Crippen LogP contribution >= 0.6 is 0 Å². The zero-order chi connectivity index (χ0) is 19.0. The Balaban J connectivity index is 1.42. The Morgan fingerprint density at radius 3 is 2.70 bits per heavy atom. The first kappa shape index (κ1) is 17.5. The molecule has 0 radical (unpaired) electrons. The molecule has 0 aliphatic carbocycles. The summed E-state index contributed by atoms with van der Waals surface area (Å²) < 4.78 is 32.8. The molecule has 2 aliphatic rings. The van der Waals surface area contributed by atoms with Crippen LogP contribution in [0.3, 0.4) is 0 Å². The van der Waals surface area contributed by atoms with Crippen molar-refractivity contribution in [2.45, 2.75) is 17.4 Å². The number of nitrogens with zero attached hydrogens (tertiary/aromatic N) is 1. The van der Waals surface area contributed by atoms with Gasteiger partial charge in [0.15, 0.2) is 0 Å². The van der Waals surface area contributed by atoms with E-state index in [1.807, 2.05) is 18.2 Å². The number of carbonyl (C=O) groups is 2. The number of nitrogens with one attached hydrogen (secondary N) is 2. The highest BCUT2D eigenvalue weighted by molar-refractivity contribution is 7.89. The number of ether oxygens (including phenoxy) is 1. The molecule has 2 N–H and O–H groups in total. The van der Waals surface area contributed by atoms with E-state index in [2.05, 4.69) is 10.0 Å². The average Bonchev–Trinajstić information content (AvgIpc) is 3.21. The van der Waals surface area contributed by atoms with Gasteiger partial charge in [0.05, 0.1) is 17.9 Å². The van der Waals surface area contributed by atoms with Gasteiger partial charge in [-0.15, -0.1) is 0 Å². The Kier molecular flexibility index (Phi) is 4.33. The van der Waals surface area contributed by atoms with Crippen LogP contribution in [0.4, 0.5) is 16.2 Å². The summed E-state index contributed by atoms with van der Waals surface area (Å²) in [4.78, 5) is 25.0. The number of anilines is 2. The number of hydrogen-bond acceptors (Lipinski definition) is 5. The topological polar surface area (TPSA) is 105 Å². The van der Waals surface area contributed by atoms with Crippen molar-refractivity contribution in [1.29, 1.82) is 0 Å². The van der Waals surface area contributed by atoms with Crippen LogP contribution < -0.4 is 14.9 Å². The van der Waals surface area contributed by atoms with Crippen molar-refractivity contribution in [3.8, 4) is 0 Å². The molecule has 2 heterocycles. The van der Waals surface area contributed by atoms with Crippen molar-refractivity contribution in [3.63, 3.8) is 0 Å². The third-order valence-electron chi connectivity index (χ3n) is 4.46. The molecule has 140 valence electrons. The molecule has 0 saturated carbocycles. The second-order valence-electron chi connectivity index (χ2n) is 6.35. The molecule has 2 aromatic rings. The van der Waals surface area contributed by atoms with Gasteiger partial charge in [0.25, 0.3) is 0 Å². The van der Waals surface area contributed by atoms with E-state index in [0.29, 0.717) is 16.9 Å². The quantitative estimate of drug-likeness (QED) is 0.809. The molecule has 1 fully saturated rings. The first-order valence-corrected chi connectivity index (χ1v) is 9.86. The van der Waals surface area contributed by atoms with E-state index in [-0.39, 0.29) is 30.3 Å². The van der Waals surface area contributed by atoms with Crippen LogP contribution in [0.25, 0.3) is 0 Å². The summed E-state index contributed by atoms with van der Waals surface area (Å²) in [6.07, 6.45) is -0.942. The lowest BCUT2D eigenvalue weighted by Gasteiger charge is -2.13. The number of benzene rings is 2. The van der Waals surface area contributed by atoms with E-state index >= 15 is 0 Å². The van der Waals surface area contributed by atoms with Crippen LogP contribution in [0.15, 0.2) is 53.4 Å². The minimum Gasteiger partial charge on any atom is -0.443 e. The minimum absolute atomic E-state index is 0.0360. The van der Waals surface area contributed by atoms with E-state index in [0.717, 1.165) is 0 Å². The first-order chi connectivity index (χ1) is 12.9. The van der Waals surface area contributed by atoms with Crippen molar-refractivity contribution >= 4 is 33.4 Å². The minimum atomic E-state index is -3.79. The van der Waals surface area contributed by atoms with Crippen LogP contribution in [0.5, 0.6) is 0 Å². The van der Waals surface area contributed by atoms with E-state index < -0.39 is 22.2 Å². The molecule has 1 unspecified atom stereocenters. The SMILES string of the molecule is O=C1Cc2cc(S(=O)(=O)NCC3CN(c4ccccc4)C(=O)O3)ccc2N1. The number of sulfonamides is 1. The van der Waals surface area contributed by atoms with Gasteiger partial charge in [-0.05, 0) is 35.9 Å². The van der Waals surface area contributed by atoms with Gasteiger partial charge < -0.3 is 10.1 Å². The van der Waals surface area contributed by atoms with Gasteiger partial charge in [0, 0.05) is 17.9 Å². The predicted octanol–water partition coefficient (Wildman–Crippen LogP) is 1.48. The van der Waals surface area contributed by atoms with Crippen molar-refractivity contribution in [3.05, 3.63) is 54.1 Å². The maximum atomic E-state index is 12.5. The molecule has 0 spiro atoms. The van der Waals surface area contributed by atoms with Crippen LogP contribution in [-0.4, -0.2) is 39.6 Å². The molecule has 0 bridgehead atoms. The molecule has 2 amide bonds. The standard InChI is InChI=1S/C18H17N3O5S/c22-17-9-12-8-15(6-7-16(12)20-17)27(24,25)19-10-14-11-21(18(23)26-14)13-4-2-1-3-5-13/h1-8,14,19H,9-11H2,(H,20,22). The number of amides is 2. The molecule has 27 heavy (non-hydrogen) atoms. The second kappa shape index (κ2) is 6.67. The van der Waals surface area contributed by atoms with Gasteiger partial charge in [-0.25, -0.2) is 17.9 Å². The lowest BCUT2D eigenvalue weighted by molar-refractivity contribution is -0.115. The summed E-state index contributed by atoms with van der Waals surface area (Å²) in [6, 6.07) is 13.5. The summed E-state index contributed by atoms with van der Waals surface area (Å²) in [5, 5.41) is 2.66. The van der Waals surface area contributed by atoms with Gasteiger partial charge in [0.1, 0.15) is 6.10 Å². The molecule has 1 saturated heterocycles. The highest BCUT2D eigenvalue weighted by Crippen LogP contribution is 2.26. The molecule has 0 aromatic heterocycles. The lowest BCUT2D eigenvalue weighted by Crippen LogP contribution is -2.34. The van der Waals surface area contributed by atoms with E-state index in [1.165, 1.54) is 17.0 Å². The molecular weight excluding hydrogens is 370 g/mol. The molecule has 4 rings (SSSR count). The van der Waals surface area contributed by atoms with Crippen molar-refractivity contribution in [2.24, 2.45) is 0 Å². The van der Waals surface area contributed by atoms with Crippen molar-refractivity contribution in [2.75, 3.05) is 23.3 Å². The fraction of sp³-hybridized carbons (Fsp3) is 0.222. The number of fused-ring (bicyclic) bond motifs is 1. The second-order valence-corrected chi connectivity index (χ2v) is 8.11. The summed E-state index contributed by atoms with van der Waals surface area (Å²) in [7, 11) is -3.79. The van der Waals surface area contributed by atoms with E-state index in [1.54, 1.807) is 18.2 Å². The van der Waals surface area contributed by atoms with Crippen molar-refractivity contribution in [1.82, 2.24) is 4.72 Å². The molecule has 2 aromatic carbocycles. The van der Waals surface area contributed by atoms with Gasteiger partial charge in [0.2, 0.25) is 15.9 Å². The highest BCUT2D eigenvalue weighted by Gasteiger charge is 2.33. The van der Waals surface area contributed by atoms with Crippen LogP contribution in [0.1, 0.15) is 5.56 Å². The Labute approximate surface area is 156 Å².